The van der Waals surface area contributed by atoms with Crippen LogP contribution in [0, 0.1) is 0 Å². The molecule has 1 aromatic carbocycles. The number of nitrogens with zero attached hydrogens (tertiary/aromatic N) is 2. The first-order valence-electron chi connectivity index (χ1n) is 8.97. The Morgan fingerprint density at radius 1 is 1.37 bits per heavy atom. The third-order valence-corrected chi connectivity index (χ3v) is 5.16. The Hall–Kier alpha value is -2.29. The second-order valence-electron chi connectivity index (χ2n) is 6.62. The molecule has 1 atom stereocenters. The summed E-state index contributed by atoms with van der Waals surface area (Å²) in [6.07, 6.45) is 2.48. The first-order valence-corrected chi connectivity index (χ1v) is 11.0. The van der Waals surface area contributed by atoms with E-state index in [9.17, 15) is 13.2 Å². The molecule has 1 heterocycles. The maximum atomic E-state index is 12.1. The predicted octanol–water partition coefficient (Wildman–Crippen LogP) is 0.790. The number of rotatable bonds is 8. The molecule has 1 aromatic rings. The molecule has 2 rings (SSSR count). The average molecular weight is 397 g/mol. The number of sulfone groups is 1. The van der Waals surface area contributed by atoms with Crippen LogP contribution < -0.4 is 20.3 Å². The monoisotopic (exact) mass is 396 g/mol. The fraction of sp³-hybridized carbons (Fsp3) is 0.556. The van der Waals surface area contributed by atoms with E-state index in [4.69, 9.17) is 4.74 Å². The summed E-state index contributed by atoms with van der Waals surface area (Å²) < 4.78 is 27.9. The highest BCUT2D eigenvalue weighted by Gasteiger charge is 2.24. The lowest BCUT2D eigenvalue weighted by Crippen LogP contribution is -2.44. The maximum absolute atomic E-state index is 12.1. The van der Waals surface area contributed by atoms with Crippen molar-refractivity contribution in [3.8, 4) is 5.75 Å². The summed E-state index contributed by atoms with van der Waals surface area (Å²) in [4.78, 5) is 18.0. The van der Waals surface area contributed by atoms with Crippen molar-refractivity contribution in [1.82, 2.24) is 10.6 Å². The molecule has 0 bridgehead atoms. The Morgan fingerprint density at radius 2 is 2.11 bits per heavy atom. The van der Waals surface area contributed by atoms with E-state index in [0.29, 0.717) is 25.5 Å². The van der Waals surface area contributed by atoms with Crippen LogP contribution >= 0.6 is 0 Å². The predicted molar refractivity (Wildman–Crippen MR) is 107 cm³/mol. The number of hydrogen-bond acceptors (Lipinski definition) is 5. The third kappa shape index (κ3) is 6.74. The van der Waals surface area contributed by atoms with Gasteiger partial charge < -0.3 is 20.3 Å². The van der Waals surface area contributed by atoms with Gasteiger partial charge in [-0.15, -0.1) is 0 Å². The van der Waals surface area contributed by atoms with E-state index in [-0.39, 0.29) is 24.3 Å². The van der Waals surface area contributed by atoms with Gasteiger partial charge in [-0.1, -0.05) is 12.1 Å². The molecule has 2 N–H and O–H groups in total. The smallest absolute Gasteiger partial charge is 0.265 e. The molecular formula is C18H28N4O4S. The van der Waals surface area contributed by atoms with E-state index < -0.39 is 9.84 Å². The lowest BCUT2D eigenvalue weighted by molar-refractivity contribution is -0.121. The number of fused-ring (bicyclic) bond motifs is 1. The molecule has 0 spiro atoms. The SMILES string of the molecule is CN=C(NCCCN1C(=O)COc2ccccc21)NC(C)CCS(C)(=O)=O. The summed E-state index contributed by atoms with van der Waals surface area (Å²) in [6.45, 7) is 3.19. The molecule has 0 radical (unpaired) electrons. The van der Waals surface area contributed by atoms with Crippen molar-refractivity contribution < 1.29 is 17.9 Å². The zero-order valence-corrected chi connectivity index (χ0v) is 16.9. The van der Waals surface area contributed by atoms with Crippen LogP contribution in [0.4, 0.5) is 5.69 Å². The van der Waals surface area contributed by atoms with Crippen molar-refractivity contribution >= 4 is 27.4 Å². The summed E-state index contributed by atoms with van der Waals surface area (Å²) in [5.74, 6) is 1.43. The first kappa shape index (κ1) is 21.0. The van der Waals surface area contributed by atoms with Gasteiger partial charge in [0.1, 0.15) is 15.6 Å². The van der Waals surface area contributed by atoms with Gasteiger partial charge in [0.25, 0.3) is 5.91 Å². The van der Waals surface area contributed by atoms with Gasteiger partial charge in [0.15, 0.2) is 12.6 Å². The molecule has 27 heavy (non-hydrogen) atoms. The van der Waals surface area contributed by atoms with Gasteiger partial charge in [0.05, 0.1) is 11.4 Å². The van der Waals surface area contributed by atoms with Crippen molar-refractivity contribution in [2.75, 3.05) is 43.7 Å². The van der Waals surface area contributed by atoms with Gasteiger partial charge in [-0.25, -0.2) is 8.42 Å². The Balaban J connectivity index is 1.77. The zero-order valence-electron chi connectivity index (χ0n) is 16.1. The summed E-state index contributed by atoms with van der Waals surface area (Å²) in [5.41, 5.74) is 0.797. The molecule has 1 aliphatic rings. The standard InChI is InChI=1S/C18H28N4O4S/c1-14(9-12-27(3,24)25)21-18(19-2)20-10-6-11-22-15-7-4-5-8-16(15)26-13-17(22)23/h4-5,7-8,14H,6,9-13H2,1-3H3,(H2,19,20,21). The third-order valence-electron chi connectivity index (χ3n) is 4.19. The molecule has 1 aliphatic heterocycles. The number of carbonyl (C=O) groups excluding carboxylic acids is 1. The fourth-order valence-electron chi connectivity index (χ4n) is 2.73. The minimum atomic E-state index is -2.97. The number of para-hydroxylation sites is 2. The van der Waals surface area contributed by atoms with Crippen molar-refractivity contribution in [2.45, 2.75) is 25.8 Å². The fourth-order valence-corrected chi connectivity index (χ4v) is 3.52. The van der Waals surface area contributed by atoms with Crippen LogP contribution in [0.2, 0.25) is 0 Å². The van der Waals surface area contributed by atoms with Crippen molar-refractivity contribution in [2.24, 2.45) is 4.99 Å². The lowest BCUT2D eigenvalue weighted by Gasteiger charge is -2.29. The number of anilines is 1. The number of hydrogen-bond donors (Lipinski definition) is 2. The van der Waals surface area contributed by atoms with Crippen LogP contribution in [0.5, 0.6) is 5.75 Å². The molecule has 0 fully saturated rings. The molecule has 0 saturated carbocycles. The van der Waals surface area contributed by atoms with E-state index in [0.717, 1.165) is 17.9 Å². The van der Waals surface area contributed by atoms with Crippen LogP contribution in [0.3, 0.4) is 0 Å². The van der Waals surface area contributed by atoms with E-state index in [1.165, 1.54) is 6.26 Å². The number of nitrogens with one attached hydrogen (secondary N) is 2. The number of aliphatic imine (C=N–C) groups is 1. The largest absolute Gasteiger partial charge is 0.482 e. The number of ether oxygens (including phenoxy) is 1. The Bertz CT molecular complexity index is 779. The highest BCUT2D eigenvalue weighted by atomic mass is 32.2. The topological polar surface area (TPSA) is 100 Å². The van der Waals surface area contributed by atoms with Crippen molar-refractivity contribution in [3.63, 3.8) is 0 Å². The van der Waals surface area contributed by atoms with Gasteiger partial charge in [0, 0.05) is 32.4 Å². The highest BCUT2D eigenvalue weighted by Crippen LogP contribution is 2.31. The second-order valence-corrected chi connectivity index (χ2v) is 8.88. The molecule has 9 heteroatoms. The van der Waals surface area contributed by atoms with Gasteiger partial charge in [-0.3, -0.25) is 9.79 Å². The molecule has 8 nitrogen and oxygen atoms in total. The summed E-state index contributed by atoms with van der Waals surface area (Å²) in [7, 11) is -1.31. The summed E-state index contributed by atoms with van der Waals surface area (Å²) in [6, 6.07) is 7.49. The Labute approximate surface area is 160 Å². The Morgan fingerprint density at radius 3 is 2.81 bits per heavy atom. The minimum absolute atomic E-state index is 0.0152. The van der Waals surface area contributed by atoms with E-state index in [1.807, 2.05) is 31.2 Å². The average Bonchev–Trinajstić information content (AvgIpc) is 2.63. The maximum Gasteiger partial charge on any atom is 0.265 e. The van der Waals surface area contributed by atoms with Crippen LogP contribution in [0.1, 0.15) is 19.8 Å². The molecular weight excluding hydrogens is 368 g/mol. The van der Waals surface area contributed by atoms with Gasteiger partial charge in [-0.2, -0.15) is 0 Å². The van der Waals surface area contributed by atoms with Gasteiger partial charge in [-0.05, 0) is 31.9 Å². The highest BCUT2D eigenvalue weighted by molar-refractivity contribution is 7.90. The van der Waals surface area contributed by atoms with Crippen LogP contribution in [0.25, 0.3) is 0 Å². The first-order chi connectivity index (χ1) is 12.8. The molecule has 150 valence electrons. The zero-order chi connectivity index (χ0) is 19.9. The Kier molecular flexibility index (Phi) is 7.46. The van der Waals surface area contributed by atoms with E-state index >= 15 is 0 Å². The normalized spacial score (nSPS) is 15.7. The minimum Gasteiger partial charge on any atom is -0.482 e. The number of amides is 1. The van der Waals surface area contributed by atoms with Gasteiger partial charge >= 0.3 is 0 Å². The quantitative estimate of drug-likeness (QED) is 0.383. The van der Waals surface area contributed by atoms with Crippen molar-refractivity contribution in [3.05, 3.63) is 24.3 Å². The van der Waals surface area contributed by atoms with Crippen LogP contribution in [0.15, 0.2) is 29.3 Å². The van der Waals surface area contributed by atoms with Crippen LogP contribution in [-0.2, 0) is 14.6 Å². The molecule has 0 aromatic heterocycles. The molecule has 1 amide bonds. The molecule has 0 aliphatic carbocycles. The summed E-state index contributed by atoms with van der Waals surface area (Å²) >= 11 is 0. The lowest BCUT2D eigenvalue weighted by atomic mass is 10.2. The number of guanidine groups is 1. The molecule has 1 unspecified atom stereocenters. The van der Waals surface area contributed by atoms with E-state index in [2.05, 4.69) is 15.6 Å². The van der Waals surface area contributed by atoms with Crippen LogP contribution in [-0.4, -0.2) is 65.1 Å². The molecule has 0 saturated heterocycles. The number of benzene rings is 1. The second kappa shape index (κ2) is 9.59. The number of carbonyl (C=O) groups is 1. The summed E-state index contributed by atoms with van der Waals surface area (Å²) in [5, 5.41) is 6.37. The van der Waals surface area contributed by atoms with Gasteiger partial charge in [0.2, 0.25) is 0 Å². The van der Waals surface area contributed by atoms with E-state index in [1.54, 1.807) is 11.9 Å². The van der Waals surface area contributed by atoms with Crippen molar-refractivity contribution in [1.29, 1.82) is 0 Å².